The molecule has 0 unspecified atom stereocenters. The molecule has 27 heavy (non-hydrogen) atoms. The lowest BCUT2D eigenvalue weighted by atomic mass is 10.1. The Morgan fingerprint density at radius 3 is 2.59 bits per heavy atom. The van der Waals surface area contributed by atoms with Crippen molar-refractivity contribution < 1.29 is 28.6 Å². The second-order valence-electron chi connectivity index (χ2n) is 5.79. The third-order valence-electron chi connectivity index (χ3n) is 4.15. The number of rotatable bonds is 3. The minimum Gasteiger partial charge on any atom is -0.465 e. The second kappa shape index (κ2) is 6.49. The average Bonchev–Trinajstić information content (AvgIpc) is 3.27. The molecule has 0 aliphatic carbocycles. The molecule has 0 saturated carbocycles. The summed E-state index contributed by atoms with van der Waals surface area (Å²) in [5.41, 5.74) is 3.91. The van der Waals surface area contributed by atoms with E-state index >= 15 is 0 Å². The van der Waals surface area contributed by atoms with E-state index in [1.807, 2.05) is 0 Å². The van der Waals surface area contributed by atoms with Gasteiger partial charge in [-0.2, -0.15) is 0 Å². The number of fused-ring (bicyclic) bond motifs is 1. The highest BCUT2D eigenvalue weighted by atomic mass is 16.7. The van der Waals surface area contributed by atoms with Crippen molar-refractivity contribution in [3.63, 3.8) is 0 Å². The van der Waals surface area contributed by atoms with Crippen LogP contribution in [0.15, 0.2) is 48.0 Å². The number of ether oxygens (including phenoxy) is 3. The highest BCUT2D eigenvalue weighted by molar-refractivity contribution is 6.31. The molecule has 4 rings (SSSR count). The normalized spacial score (nSPS) is 16.6. The molecule has 2 aromatic rings. The number of benzene rings is 2. The van der Waals surface area contributed by atoms with Gasteiger partial charge in [-0.1, -0.05) is 6.07 Å². The first-order chi connectivity index (χ1) is 13.1. The summed E-state index contributed by atoms with van der Waals surface area (Å²) in [6, 6.07) is 11.3. The first kappa shape index (κ1) is 16.6. The number of methoxy groups -OCH3 is 1. The summed E-state index contributed by atoms with van der Waals surface area (Å²) >= 11 is 0. The first-order valence-corrected chi connectivity index (χ1v) is 8.02. The average molecular weight is 366 g/mol. The minimum absolute atomic E-state index is 0.00842. The zero-order chi connectivity index (χ0) is 19.0. The molecular formula is C19H14N2O6. The lowest BCUT2D eigenvalue weighted by Crippen LogP contribution is -2.35. The second-order valence-corrected chi connectivity index (χ2v) is 5.79. The van der Waals surface area contributed by atoms with Crippen molar-refractivity contribution in [3.8, 4) is 11.5 Å². The Kier molecular flexibility index (Phi) is 4.00. The summed E-state index contributed by atoms with van der Waals surface area (Å²) < 4.78 is 15.2. The van der Waals surface area contributed by atoms with Crippen LogP contribution in [-0.4, -0.2) is 31.7 Å². The van der Waals surface area contributed by atoms with Crippen LogP contribution in [-0.2, 0) is 14.3 Å². The molecule has 2 aliphatic rings. The van der Waals surface area contributed by atoms with Crippen LogP contribution in [0.2, 0.25) is 0 Å². The van der Waals surface area contributed by atoms with Crippen LogP contribution in [0.1, 0.15) is 15.9 Å². The summed E-state index contributed by atoms with van der Waals surface area (Å²) in [5.74, 6) is -0.322. The Hall–Kier alpha value is -3.81. The maximum absolute atomic E-state index is 12.7. The van der Waals surface area contributed by atoms with Crippen LogP contribution in [0.4, 0.5) is 5.69 Å². The predicted octanol–water partition coefficient (Wildman–Crippen LogP) is 1.66. The number of anilines is 1. The van der Waals surface area contributed by atoms with Crippen molar-refractivity contribution in [2.75, 3.05) is 18.9 Å². The third kappa shape index (κ3) is 2.97. The summed E-state index contributed by atoms with van der Waals surface area (Å²) in [5, 5.41) is 1.13. The van der Waals surface area contributed by atoms with E-state index in [1.165, 1.54) is 25.3 Å². The smallest absolute Gasteiger partial charge is 0.337 e. The minimum atomic E-state index is -0.519. The highest BCUT2D eigenvalue weighted by Crippen LogP contribution is 2.33. The number of esters is 1. The molecule has 8 heteroatoms. The first-order valence-electron chi connectivity index (χ1n) is 8.02. The monoisotopic (exact) mass is 366 g/mol. The van der Waals surface area contributed by atoms with Crippen molar-refractivity contribution >= 4 is 29.5 Å². The molecule has 0 radical (unpaired) electrons. The number of nitrogens with one attached hydrogen (secondary N) is 1. The van der Waals surface area contributed by atoms with E-state index in [2.05, 4.69) is 10.2 Å². The number of carbonyl (C=O) groups excluding carboxylic acids is 3. The Morgan fingerprint density at radius 1 is 1.11 bits per heavy atom. The number of carbonyl (C=O) groups is 3. The summed E-state index contributed by atoms with van der Waals surface area (Å²) in [4.78, 5) is 36.4. The van der Waals surface area contributed by atoms with E-state index in [0.717, 1.165) is 5.01 Å². The fourth-order valence-corrected chi connectivity index (χ4v) is 2.77. The van der Waals surface area contributed by atoms with E-state index in [1.54, 1.807) is 30.3 Å². The SMILES string of the molecule is COC(=O)c1ccc(N2NC(=O)/C(=C\c3ccc4c(c3)OCO4)C2=O)cc1. The number of hydrazine groups is 1. The lowest BCUT2D eigenvalue weighted by Gasteiger charge is -2.14. The van der Waals surface area contributed by atoms with Gasteiger partial charge in [-0.3, -0.25) is 15.0 Å². The van der Waals surface area contributed by atoms with E-state index in [0.29, 0.717) is 28.3 Å². The van der Waals surface area contributed by atoms with E-state index in [-0.39, 0.29) is 12.4 Å². The van der Waals surface area contributed by atoms with Crippen molar-refractivity contribution in [1.29, 1.82) is 0 Å². The molecule has 1 N–H and O–H groups in total. The van der Waals surface area contributed by atoms with Crippen LogP contribution in [0, 0.1) is 0 Å². The zero-order valence-corrected chi connectivity index (χ0v) is 14.2. The van der Waals surface area contributed by atoms with Crippen molar-refractivity contribution in [2.24, 2.45) is 0 Å². The standard InChI is InChI=1S/C19H14N2O6/c1-25-19(24)12-3-5-13(6-4-12)21-18(23)14(17(22)20-21)8-11-2-7-15-16(9-11)27-10-26-15/h2-9H,10H2,1H3,(H,20,22)/b14-8+. The predicted molar refractivity (Wildman–Crippen MR) is 94.0 cm³/mol. The number of nitrogens with zero attached hydrogens (tertiary/aromatic N) is 1. The molecule has 0 atom stereocenters. The van der Waals surface area contributed by atoms with Crippen LogP contribution in [0.3, 0.4) is 0 Å². The summed E-state index contributed by atoms with van der Waals surface area (Å²) in [6.07, 6.45) is 1.49. The van der Waals surface area contributed by atoms with Crippen molar-refractivity contribution in [3.05, 3.63) is 59.2 Å². The van der Waals surface area contributed by atoms with Crippen LogP contribution < -0.4 is 19.9 Å². The van der Waals surface area contributed by atoms with Gasteiger partial charge in [-0.05, 0) is 48.0 Å². The lowest BCUT2D eigenvalue weighted by molar-refractivity contribution is -0.117. The van der Waals surface area contributed by atoms with Crippen molar-refractivity contribution in [1.82, 2.24) is 5.43 Å². The number of hydrogen-bond donors (Lipinski definition) is 1. The molecule has 2 heterocycles. The summed E-state index contributed by atoms with van der Waals surface area (Å²) in [6.45, 7) is 0.143. The largest absolute Gasteiger partial charge is 0.465 e. The molecule has 2 amide bonds. The molecular weight excluding hydrogens is 352 g/mol. The van der Waals surface area contributed by atoms with Gasteiger partial charge < -0.3 is 14.2 Å². The summed E-state index contributed by atoms with van der Waals surface area (Å²) in [7, 11) is 1.29. The van der Waals surface area contributed by atoms with Gasteiger partial charge in [0.1, 0.15) is 5.57 Å². The molecule has 1 saturated heterocycles. The van der Waals surface area contributed by atoms with Crippen LogP contribution in [0.5, 0.6) is 11.5 Å². The number of hydrogen-bond acceptors (Lipinski definition) is 6. The Balaban J connectivity index is 1.59. The molecule has 2 aromatic carbocycles. The van der Waals surface area contributed by atoms with E-state index < -0.39 is 17.8 Å². The molecule has 2 aliphatic heterocycles. The Morgan fingerprint density at radius 2 is 1.85 bits per heavy atom. The van der Waals surface area contributed by atoms with Gasteiger partial charge in [0.2, 0.25) is 6.79 Å². The van der Waals surface area contributed by atoms with Gasteiger partial charge in [0, 0.05) is 0 Å². The van der Waals surface area contributed by atoms with Gasteiger partial charge >= 0.3 is 5.97 Å². The van der Waals surface area contributed by atoms with Gasteiger partial charge in [0.25, 0.3) is 11.8 Å². The maximum Gasteiger partial charge on any atom is 0.337 e. The van der Waals surface area contributed by atoms with Gasteiger partial charge in [-0.15, -0.1) is 0 Å². The quantitative estimate of drug-likeness (QED) is 0.504. The Labute approximate surface area is 153 Å². The van der Waals surface area contributed by atoms with Crippen LogP contribution in [0.25, 0.3) is 6.08 Å². The van der Waals surface area contributed by atoms with E-state index in [4.69, 9.17) is 9.47 Å². The van der Waals surface area contributed by atoms with Gasteiger partial charge in [0.15, 0.2) is 11.5 Å². The van der Waals surface area contributed by atoms with E-state index in [9.17, 15) is 14.4 Å². The molecule has 0 spiro atoms. The van der Waals surface area contributed by atoms with Crippen molar-refractivity contribution in [2.45, 2.75) is 0 Å². The molecule has 0 aromatic heterocycles. The fourth-order valence-electron chi connectivity index (χ4n) is 2.77. The Bertz CT molecular complexity index is 980. The molecule has 136 valence electrons. The van der Waals surface area contributed by atoms with Gasteiger partial charge in [0.05, 0.1) is 18.4 Å². The number of amides is 2. The third-order valence-corrected chi connectivity index (χ3v) is 4.15. The van der Waals surface area contributed by atoms with Crippen LogP contribution >= 0.6 is 0 Å². The topological polar surface area (TPSA) is 94.2 Å². The molecule has 0 bridgehead atoms. The maximum atomic E-state index is 12.7. The van der Waals surface area contributed by atoms with Gasteiger partial charge in [-0.25, -0.2) is 9.80 Å². The zero-order valence-electron chi connectivity index (χ0n) is 14.2. The molecule has 1 fully saturated rings. The highest BCUT2D eigenvalue weighted by Gasteiger charge is 2.34. The fraction of sp³-hybridized carbons (Fsp3) is 0.105. The molecule has 8 nitrogen and oxygen atoms in total.